The third kappa shape index (κ3) is 8.91. The zero-order valence-electron chi connectivity index (χ0n) is 3.40. The first-order chi connectivity index (χ1) is 2.27. The first-order valence-electron chi connectivity index (χ1n) is 1.37. The molecule has 0 fully saturated rings. The molecule has 1 radical (unpaired) electrons. The van der Waals surface area contributed by atoms with Crippen LogP contribution in [0.15, 0.2) is 0 Å². The Kier molecular flexibility index (Phi) is 8.10. The van der Waals surface area contributed by atoms with Crippen LogP contribution in [-0.2, 0) is 21.6 Å². The van der Waals surface area contributed by atoms with E-state index in [0.29, 0.717) is 0 Å². The summed E-state index contributed by atoms with van der Waals surface area (Å²) >= 11 is 0. The van der Waals surface area contributed by atoms with Crippen LogP contribution in [0.25, 0.3) is 0 Å². The van der Waals surface area contributed by atoms with Crippen LogP contribution in [-0.4, -0.2) is 17.5 Å². The molecule has 0 heterocycles. The molecule has 0 spiro atoms. The van der Waals surface area contributed by atoms with Gasteiger partial charge in [0.15, 0.2) is 5.78 Å². The Hall–Kier alpha value is 0.136. The summed E-state index contributed by atoms with van der Waals surface area (Å²) in [5, 5.41) is 7.79. The molecule has 0 saturated heterocycles. The Morgan fingerprint density at radius 2 is 2.00 bits per heavy atom. The van der Waals surface area contributed by atoms with Crippen molar-refractivity contribution >= 4 is 5.78 Å². The molecule has 0 rings (SSSR count). The second kappa shape index (κ2) is 5.14. The van der Waals surface area contributed by atoms with E-state index in [9.17, 15) is 4.79 Å². The standard InChI is InChI=1S/C3H6O2.Co/c1-3(5)2-4;/h4H,2H2,1H3;. The van der Waals surface area contributed by atoms with Crippen molar-refractivity contribution in [3.63, 3.8) is 0 Å². The first kappa shape index (κ1) is 9.46. The van der Waals surface area contributed by atoms with E-state index >= 15 is 0 Å². The molecular weight excluding hydrogens is 127 g/mol. The van der Waals surface area contributed by atoms with Gasteiger partial charge in [0.2, 0.25) is 0 Å². The summed E-state index contributed by atoms with van der Waals surface area (Å²) in [6.07, 6.45) is 0. The third-order valence-corrected chi connectivity index (χ3v) is 0.223. The van der Waals surface area contributed by atoms with Crippen LogP contribution in [0, 0.1) is 0 Å². The van der Waals surface area contributed by atoms with Gasteiger partial charge in [-0.1, -0.05) is 0 Å². The Bertz CT molecular complexity index is 44.1. The van der Waals surface area contributed by atoms with E-state index in [1.807, 2.05) is 0 Å². The van der Waals surface area contributed by atoms with Crippen molar-refractivity contribution in [2.24, 2.45) is 0 Å². The van der Waals surface area contributed by atoms with Crippen LogP contribution in [0.4, 0.5) is 0 Å². The number of rotatable bonds is 1. The second-order valence-corrected chi connectivity index (χ2v) is 0.860. The van der Waals surface area contributed by atoms with Crippen LogP contribution in [0.5, 0.6) is 0 Å². The number of aliphatic hydroxyl groups is 1. The molecular formula is C3H6CoO2. The van der Waals surface area contributed by atoms with E-state index < -0.39 is 0 Å². The molecule has 0 aromatic carbocycles. The summed E-state index contributed by atoms with van der Waals surface area (Å²) in [6, 6.07) is 0. The smallest absolute Gasteiger partial charge is 0.155 e. The minimum Gasteiger partial charge on any atom is -0.389 e. The molecule has 0 aromatic rings. The number of carbonyl (C=O) groups is 1. The fourth-order valence-corrected chi connectivity index (χ4v) is 0. The van der Waals surface area contributed by atoms with Gasteiger partial charge in [0.25, 0.3) is 0 Å². The molecule has 6 heavy (non-hydrogen) atoms. The number of Topliss-reactive ketones (excluding diaryl/α,β-unsaturated/α-hetero) is 1. The van der Waals surface area contributed by atoms with E-state index in [4.69, 9.17) is 5.11 Å². The zero-order valence-corrected chi connectivity index (χ0v) is 4.44. The Labute approximate surface area is 46.7 Å². The van der Waals surface area contributed by atoms with Crippen LogP contribution >= 0.6 is 0 Å². The number of carbonyl (C=O) groups excluding carboxylic acids is 1. The van der Waals surface area contributed by atoms with Gasteiger partial charge in [0.05, 0.1) is 0 Å². The number of ketones is 1. The Morgan fingerprint density at radius 1 is 1.83 bits per heavy atom. The van der Waals surface area contributed by atoms with Crippen LogP contribution in [0.3, 0.4) is 0 Å². The average Bonchev–Trinajstić information content (AvgIpc) is 1.38. The summed E-state index contributed by atoms with van der Waals surface area (Å²) < 4.78 is 0. The molecule has 0 aliphatic carbocycles. The van der Waals surface area contributed by atoms with Gasteiger partial charge in [-0.3, -0.25) is 4.79 Å². The van der Waals surface area contributed by atoms with E-state index in [-0.39, 0.29) is 29.2 Å². The average molecular weight is 133 g/mol. The van der Waals surface area contributed by atoms with Gasteiger partial charge in [-0.15, -0.1) is 0 Å². The second-order valence-electron chi connectivity index (χ2n) is 0.860. The molecule has 1 N–H and O–H groups in total. The van der Waals surface area contributed by atoms with Gasteiger partial charge in [-0.05, 0) is 6.92 Å². The summed E-state index contributed by atoms with van der Waals surface area (Å²) in [6.45, 7) is 1.000. The molecule has 0 amide bonds. The Morgan fingerprint density at radius 3 is 2.00 bits per heavy atom. The maximum absolute atomic E-state index is 9.56. The molecule has 0 bridgehead atoms. The van der Waals surface area contributed by atoms with Gasteiger partial charge in [0.1, 0.15) is 6.61 Å². The van der Waals surface area contributed by atoms with E-state index in [1.165, 1.54) is 6.92 Å². The topological polar surface area (TPSA) is 37.3 Å². The SMILES string of the molecule is CC(=O)CO.[Co]. The minimum absolute atomic E-state index is 0. The molecule has 39 valence electrons. The number of hydrogen-bond donors (Lipinski definition) is 1. The van der Waals surface area contributed by atoms with Gasteiger partial charge in [-0.2, -0.15) is 0 Å². The van der Waals surface area contributed by atoms with E-state index in [2.05, 4.69) is 0 Å². The molecule has 0 saturated carbocycles. The third-order valence-electron chi connectivity index (χ3n) is 0.223. The predicted molar refractivity (Wildman–Crippen MR) is 17.8 cm³/mol. The minimum atomic E-state index is -0.333. The predicted octanol–water partition coefficient (Wildman–Crippen LogP) is -0.435. The van der Waals surface area contributed by atoms with E-state index in [0.717, 1.165) is 0 Å². The first-order valence-corrected chi connectivity index (χ1v) is 1.37. The molecule has 0 unspecified atom stereocenters. The van der Waals surface area contributed by atoms with E-state index in [1.54, 1.807) is 0 Å². The van der Waals surface area contributed by atoms with Crippen molar-refractivity contribution in [2.45, 2.75) is 6.92 Å². The molecule has 0 atom stereocenters. The summed E-state index contributed by atoms with van der Waals surface area (Å²) in [7, 11) is 0. The van der Waals surface area contributed by atoms with Gasteiger partial charge in [0, 0.05) is 16.8 Å². The normalized spacial score (nSPS) is 6.33. The van der Waals surface area contributed by atoms with Crippen LogP contribution in [0.2, 0.25) is 0 Å². The maximum atomic E-state index is 9.56. The monoisotopic (exact) mass is 133 g/mol. The molecule has 3 heteroatoms. The van der Waals surface area contributed by atoms with Crippen LogP contribution < -0.4 is 0 Å². The van der Waals surface area contributed by atoms with Crippen molar-refractivity contribution in [3.8, 4) is 0 Å². The van der Waals surface area contributed by atoms with Crippen molar-refractivity contribution in [2.75, 3.05) is 6.61 Å². The maximum Gasteiger partial charge on any atom is 0.155 e. The van der Waals surface area contributed by atoms with Crippen molar-refractivity contribution in [1.82, 2.24) is 0 Å². The molecule has 0 aliphatic heterocycles. The quantitative estimate of drug-likeness (QED) is 0.526. The van der Waals surface area contributed by atoms with Crippen molar-refractivity contribution < 1.29 is 26.7 Å². The van der Waals surface area contributed by atoms with Gasteiger partial charge >= 0.3 is 0 Å². The Balaban J connectivity index is 0. The largest absolute Gasteiger partial charge is 0.389 e. The van der Waals surface area contributed by atoms with Crippen molar-refractivity contribution in [3.05, 3.63) is 0 Å². The number of aliphatic hydroxyl groups excluding tert-OH is 1. The van der Waals surface area contributed by atoms with Gasteiger partial charge < -0.3 is 5.11 Å². The van der Waals surface area contributed by atoms with Gasteiger partial charge in [-0.25, -0.2) is 0 Å². The molecule has 0 aliphatic rings. The summed E-state index contributed by atoms with van der Waals surface area (Å²) in [4.78, 5) is 9.56. The fourth-order valence-electron chi connectivity index (χ4n) is 0. The summed E-state index contributed by atoms with van der Waals surface area (Å²) in [5.74, 6) is -0.190. The molecule has 2 nitrogen and oxygen atoms in total. The zero-order chi connectivity index (χ0) is 4.28. The van der Waals surface area contributed by atoms with Crippen molar-refractivity contribution in [1.29, 1.82) is 0 Å². The molecule has 0 aromatic heterocycles. The number of hydrogen-bond acceptors (Lipinski definition) is 2. The summed E-state index contributed by atoms with van der Waals surface area (Å²) in [5.41, 5.74) is 0. The fraction of sp³-hybridized carbons (Fsp3) is 0.667. The van der Waals surface area contributed by atoms with Crippen LogP contribution in [0.1, 0.15) is 6.92 Å².